The first-order chi connectivity index (χ1) is 11.0. The maximum Gasteiger partial charge on any atom is 0.508 e. The molecule has 0 atom stereocenters. The molecule has 0 aromatic heterocycles. The van der Waals surface area contributed by atoms with Crippen molar-refractivity contribution < 1.29 is 28.6 Å². The molecule has 2 rings (SSSR count). The molecule has 1 aromatic rings. The number of hydrogen-bond donors (Lipinski definition) is 2. The van der Waals surface area contributed by atoms with Crippen molar-refractivity contribution in [3.63, 3.8) is 0 Å². The van der Waals surface area contributed by atoms with Gasteiger partial charge in [0.2, 0.25) is 0 Å². The van der Waals surface area contributed by atoms with Gasteiger partial charge in [0.15, 0.2) is 0 Å². The molecule has 1 fully saturated rings. The van der Waals surface area contributed by atoms with Crippen molar-refractivity contribution in [3.05, 3.63) is 30.3 Å². The maximum atomic E-state index is 11.9. The van der Waals surface area contributed by atoms with E-state index in [0.29, 0.717) is 5.69 Å². The van der Waals surface area contributed by atoms with E-state index >= 15 is 0 Å². The summed E-state index contributed by atoms with van der Waals surface area (Å²) in [5.41, 5.74) is -0.365. The first-order valence-electron chi connectivity index (χ1n) is 7.06. The third-order valence-corrected chi connectivity index (χ3v) is 3.16. The molecule has 8 heteroatoms. The topological polar surface area (TPSA) is 103 Å². The molecule has 0 unspecified atom stereocenters. The lowest BCUT2D eigenvalue weighted by molar-refractivity contribution is -0.165. The zero-order valence-electron chi connectivity index (χ0n) is 12.7. The average molecular weight is 322 g/mol. The Kier molecular flexibility index (Phi) is 5.40. The Hall–Kier alpha value is -2.77. The standard InChI is InChI=1S/C15H18N2O6/c1-15(9-22-14(20)23-10-15)12(18)21-8-7-16-13(19)17-11-5-3-2-4-6-11/h2-6H,7-10H2,1H3,(H2,16,17,19). The maximum absolute atomic E-state index is 11.9. The highest BCUT2D eigenvalue weighted by Gasteiger charge is 2.41. The van der Waals surface area contributed by atoms with E-state index in [1.807, 2.05) is 6.07 Å². The number of esters is 1. The van der Waals surface area contributed by atoms with Crippen LogP contribution in [0.1, 0.15) is 6.92 Å². The molecule has 0 aliphatic carbocycles. The molecule has 1 aromatic carbocycles. The summed E-state index contributed by atoms with van der Waals surface area (Å²) in [7, 11) is 0. The van der Waals surface area contributed by atoms with Crippen LogP contribution in [-0.2, 0) is 19.0 Å². The molecule has 0 spiro atoms. The summed E-state index contributed by atoms with van der Waals surface area (Å²) in [6, 6.07) is 8.56. The molecule has 1 aliphatic rings. The minimum Gasteiger partial charge on any atom is -0.463 e. The highest BCUT2D eigenvalue weighted by atomic mass is 16.7. The van der Waals surface area contributed by atoms with Crippen molar-refractivity contribution in [3.8, 4) is 0 Å². The van der Waals surface area contributed by atoms with E-state index in [0.717, 1.165) is 0 Å². The molecular formula is C15H18N2O6. The van der Waals surface area contributed by atoms with Crippen molar-refractivity contribution in [1.82, 2.24) is 5.32 Å². The van der Waals surface area contributed by atoms with Crippen LogP contribution in [0.25, 0.3) is 0 Å². The molecule has 8 nitrogen and oxygen atoms in total. The third-order valence-electron chi connectivity index (χ3n) is 3.16. The number of urea groups is 1. The predicted molar refractivity (Wildman–Crippen MR) is 79.8 cm³/mol. The smallest absolute Gasteiger partial charge is 0.463 e. The fourth-order valence-electron chi connectivity index (χ4n) is 1.82. The van der Waals surface area contributed by atoms with Gasteiger partial charge in [-0.05, 0) is 19.1 Å². The summed E-state index contributed by atoms with van der Waals surface area (Å²) < 4.78 is 14.4. The summed E-state index contributed by atoms with van der Waals surface area (Å²) in [6.45, 7) is 1.56. The molecule has 0 saturated carbocycles. The van der Waals surface area contributed by atoms with E-state index in [-0.39, 0.29) is 26.4 Å². The number of rotatable bonds is 5. The number of cyclic esters (lactones) is 2. The number of anilines is 1. The second kappa shape index (κ2) is 7.48. The molecule has 0 radical (unpaired) electrons. The Morgan fingerprint density at radius 1 is 1.22 bits per heavy atom. The molecule has 124 valence electrons. The van der Waals surface area contributed by atoms with E-state index in [2.05, 4.69) is 20.1 Å². The number of carbonyl (C=O) groups excluding carboxylic acids is 3. The number of carbonyl (C=O) groups is 3. The normalized spacial score (nSPS) is 15.8. The van der Waals surface area contributed by atoms with Gasteiger partial charge in [-0.15, -0.1) is 0 Å². The lowest BCUT2D eigenvalue weighted by Gasteiger charge is -2.29. The zero-order valence-corrected chi connectivity index (χ0v) is 12.7. The summed E-state index contributed by atoms with van der Waals surface area (Å²) in [6.07, 6.45) is -0.797. The lowest BCUT2D eigenvalue weighted by atomic mass is 9.93. The first-order valence-corrected chi connectivity index (χ1v) is 7.06. The van der Waals surface area contributed by atoms with Crippen molar-refractivity contribution in [2.24, 2.45) is 5.41 Å². The molecule has 0 bridgehead atoms. The quantitative estimate of drug-likeness (QED) is 0.629. The van der Waals surface area contributed by atoms with E-state index in [9.17, 15) is 14.4 Å². The second-order valence-electron chi connectivity index (χ2n) is 5.27. The molecule has 1 heterocycles. The van der Waals surface area contributed by atoms with E-state index in [4.69, 9.17) is 4.74 Å². The molecule has 1 aliphatic heterocycles. The number of benzene rings is 1. The minimum atomic E-state index is -1.03. The van der Waals surface area contributed by atoms with Gasteiger partial charge in [-0.25, -0.2) is 9.59 Å². The molecule has 23 heavy (non-hydrogen) atoms. The van der Waals surface area contributed by atoms with Gasteiger partial charge in [0.25, 0.3) is 0 Å². The Morgan fingerprint density at radius 2 is 1.87 bits per heavy atom. The number of hydrogen-bond acceptors (Lipinski definition) is 6. The van der Waals surface area contributed by atoms with Crippen LogP contribution in [0.4, 0.5) is 15.3 Å². The van der Waals surface area contributed by atoms with Crippen molar-refractivity contribution in [2.45, 2.75) is 6.92 Å². The van der Waals surface area contributed by atoms with Gasteiger partial charge in [-0.2, -0.15) is 0 Å². The van der Waals surface area contributed by atoms with E-state index in [1.165, 1.54) is 0 Å². The van der Waals surface area contributed by atoms with Crippen LogP contribution in [-0.4, -0.2) is 44.5 Å². The molecule has 2 amide bonds. The Balaban J connectivity index is 1.66. The van der Waals surface area contributed by atoms with Crippen molar-refractivity contribution in [1.29, 1.82) is 0 Å². The minimum absolute atomic E-state index is 0.00454. The summed E-state index contributed by atoms with van der Waals surface area (Å²) in [5, 5.41) is 5.20. The van der Waals surface area contributed by atoms with Gasteiger partial charge >= 0.3 is 18.2 Å². The highest BCUT2D eigenvalue weighted by Crippen LogP contribution is 2.23. The van der Waals surface area contributed by atoms with Crippen LogP contribution in [0.2, 0.25) is 0 Å². The van der Waals surface area contributed by atoms with Crippen LogP contribution in [0.3, 0.4) is 0 Å². The van der Waals surface area contributed by atoms with Gasteiger partial charge in [-0.1, -0.05) is 18.2 Å². The summed E-state index contributed by atoms with van der Waals surface area (Å²) in [5.74, 6) is -0.546. The Labute approximate surface area is 133 Å². The van der Waals surface area contributed by atoms with Crippen LogP contribution >= 0.6 is 0 Å². The summed E-state index contributed by atoms with van der Waals surface area (Å²) in [4.78, 5) is 34.4. The SMILES string of the molecule is CC1(C(=O)OCCNC(=O)Nc2ccccc2)COC(=O)OC1. The fourth-order valence-corrected chi connectivity index (χ4v) is 1.82. The van der Waals surface area contributed by atoms with Crippen LogP contribution in [0.15, 0.2) is 30.3 Å². The Bertz CT molecular complexity index is 565. The molecule has 2 N–H and O–H groups in total. The van der Waals surface area contributed by atoms with Crippen molar-refractivity contribution >= 4 is 23.8 Å². The molecular weight excluding hydrogens is 304 g/mol. The first kappa shape index (κ1) is 16.6. The Morgan fingerprint density at radius 3 is 2.52 bits per heavy atom. The largest absolute Gasteiger partial charge is 0.508 e. The van der Waals surface area contributed by atoms with Crippen LogP contribution in [0, 0.1) is 5.41 Å². The van der Waals surface area contributed by atoms with Crippen LogP contribution < -0.4 is 10.6 Å². The predicted octanol–water partition coefficient (Wildman–Crippen LogP) is 1.52. The second-order valence-corrected chi connectivity index (χ2v) is 5.27. The lowest BCUT2D eigenvalue weighted by Crippen LogP contribution is -2.44. The van der Waals surface area contributed by atoms with Gasteiger partial charge < -0.3 is 24.8 Å². The van der Waals surface area contributed by atoms with Gasteiger partial charge in [0, 0.05) is 5.69 Å². The van der Waals surface area contributed by atoms with Gasteiger partial charge in [0.05, 0.1) is 6.54 Å². The van der Waals surface area contributed by atoms with E-state index < -0.39 is 23.6 Å². The van der Waals surface area contributed by atoms with Gasteiger partial charge in [0.1, 0.15) is 25.2 Å². The fraction of sp³-hybridized carbons (Fsp3) is 0.400. The number of nitrogens with one attached hydrogen (secondary N) is 2. The summed E-state index contributed by atoms with van der Waals surface area (Å²) >= 11 is 0. The average Bonchev–Trinajstić information content (AvgIpc) is 2.55. The third kappa shape index (κ3) is 4.87. The van der Waals surface area contributed by atoms with Crippen molar-refractivity contribution in [2.75, 3.05) is 31.7 Å². The number of amides is 2. The van der Waals surface area contributed by atoms with E-state index in [1.54, 1.807) is 31.2 Å². The molecule has 1 saturated heterocycles. The number of para-hydroxylation sites is 1. The highest BCUT2D eigenvalue weighted by molar-refractivity contribution is 5.89. The van der Waals surface area contributed by atoms with Gasteiger partial charge in [-0.3, -0.25) is 4.79 Å². The number of ether oxygens (including phenoxy) is 3. The zero-order chi connectivity index (χ0) is 16.7. The monoisotopic (exact) mass is 322 g/mol. The van der Waals surface area contributed by atoms with Crippen LogP contribution in [0.5, 0.6) is 0 Å².